The van der Waals surface area contributed by atoms with Crippen molar-refractivity contribution in [3.05, 3.63) is 0 Å². The van der Waals surface area contributed by atoms with E-state index in [9.17, 15) is 0 Å². The van der Waals surface area contributed by atoms with E-state index in [0.717, 1.165) is 6.34 Å². The highest BCUT2D eigenvalue weighted by Gasteiger charge is 1.32. The number of hydrogen-bond acceptors (Lipinski definition) is 1. The van der Waals surface area contributed by atoms with Gasteiger partial charge in [0.15, 0.2) is 0 Å². The Hall–Kier alpha value is -0.530. The second kappa shape index (κ2) is 2.47. The van der Waals surface area contributed by atoms with E-state index in [1.54, 1.807) is 7.05 Å². The highest BCUT2D eigenvalue weighted by atomic mass is 14.7. The van der Waals surface area contributed by atoms with Gasteiger partial charge < -0.3 is 0 Å². The molecule has 0 spiro atoms. The lowest BCUT2D eigenvalue weighted by atomic mass is 11.3. The van der Waals surface area contributed by atoms with Crippen molar-refractivity contribution < 1.29 is 0 Å². The van der Waals surface area contributed by atoms with Gasteiger partial charge in [-0.05, 0) is 0 Å². The minimum Gasteiger partial charge on any atom is -0.290 e. The third kappa shape index (κ3) is 1.47. The SMILES string of the molecule is C/N=C\[NH]. The molecule has 0 fully saturated rings. The zero-order valence-electron chi connectivity index (χ0n) is 2.52. The molecule has 0 unspecified atom stereocenters. The van der Waals surface area contributed by atoms with Crippen LogP contribution in [-0.2, 0) is 0 Å². The van der Waals surface area contributed by atoms with E-state index in [1.807, 2.05) is 0 Å². The Kier molecular flexibility index (Phi) is 2.14. The van der Waals surface area contributed by atoms with Gasteiger partial charge in [0.05, 0.1) is 0 Å². The maximum Gasteiger partial charge on any atom is 0.101 e. The molecule has 0 aliphatic heterocycles. The van der Waals surface area contributed by atoms with Crippen LogP contribution in [0, 0.1) is 0 Å². The first-order valence-corrected chi connectivity index (χ1v) is 0.994. The van der Waals surface area contributed by atoms with Gasteiger partial charge in [-0.2, -0.15) is 0 Å². The van der Waals surface area contributed by atoms with Crippen molar-refractivity contribution in [3.8, 4) is 0 Å². The van der Waals surface area contributed by atoms with Crippen molar-refractivity contribution in [2.45, 2.75) is 0 Å². The number of rotatable bonds is 0. The Bertz CT molecular complexity index is 19.2. The van der Waals surface area contributed by atoms with Crippen molar-refractivity contribution in [1.82, 2.24) is 5.73 Å². The van der Waals surface area contributed by atoms with Gasteiger partial charge in [0, 0.05) is 7.05 Å². The fourth-order valence-corrected chi connectivity index (χ4v) is 0. The molecule has 0 atom stereocenters. The largest absolute Gasteiger partial charge is 0.290 e. The molecular weight excluding hydrogens is 52.0 g/mol. The molecule has 23 valence electrons. The molecule has 0 aromatic rings. The lowest BCUT2D eigenvalue weighted by Crippen LogP contribution is -1.62. The molecule has 1 N–H and O–H groups in total. The number of nitrogens with one attached hydrogen (secondary N) is 1. The summed E-state index contributed by atoms with van der Waals surface area (Å²) in [6.07, 6.45) is 1.00. The van der Waals surface area contributed by atoms with Gasteiger partial charge in [-0.25, -0.2) is 0 Å². The van der Waals surface area contributed by atoms with Crippen LogP contribution in [0.4, 0.5) is 0 Å². The number of aliphatic imine (C=N–C) groups is 1. The fourth-order valence-electron chi connectivity index (χ4n) is 0. The number of nitrogens with zero attached hydrogens (tertiary/aromatic N) is 1. The van der Waals surface area contributed by atoms with Crippen LogP contribution >= 0.6 is 0 Å². The molecule has 0 aromatic heterocycles. The Morgan fingerprint density at radius 2 is 2.25 bits per heavy atom. The highest BCUT2D eigenvalue weighted by molar-refractivity contribution is 5.49. The topological polar surface area (TPSA) is 36.2 Å². The van der Waals surface area contributed by atoms with Crippen LogP contribution in [0.2, 0.25) is 0 Å². The fraction of sp³-hybridized carbons (Fsp3) is 0.500. The molecule has 4 heavy (non-hydrogen) atoms. The molecule has 0 aliphatic carbocycles. The predicted molar refractivity (Wildman–Crippen MR) is 17.5 cm³/mol. The molecule has 2 nitrogen and oxygen atoms in total. The van der Waals surface area contributed by atoms with E-state index in [0.29, 0.717) is 0 Å². The summed E-state index contributed by atoms with van der Waals surface area (Å²) in [5.74, 6) is 0. The van der Waals surface area contributed by atoms with E-state index in [2.05, 4.69) is 4.99 Å². The first kappa shape index (κ1) is 3.47. The van der Waals surface area contributed by atoms with Crippen molar-refractivity contribution in [2.24, 2.45) is 4.99 Å². The Morgan fingerprint density at radius 1 is 2.00 bits per heavy atom. The predicted octanol–water partition coefficient (Wildman–Crippen LogP) is -0.0726. The summed E-state index contributed by atoms with van der Waals surface area (Å²) in [4.78, 5) is 3.28. The van der Waals surface area contributed by atoms with Gasteiger partial charge in [-0.1, -0.05) is 0 Å². The average molecular weight is 57.1 g/mol. The second-order valence-corrected chi connectivity index (χ2v) is 0.387. The summed E-state index contributed by atoms with van der Waals surface area (Å²) in [5.41, 5.74) is 6.16. The third-order valence-corrected chi connectivity index (χ3v) is 0.129. The quantitative estimate of drug-likeness (QED) is 0.275. The zero-order valence-corrected chi connectivity index (χ0v) is 2.52. The summed E-state index contributed by atoms with van der Waals surface area (Å²) in [7, 11) is 1.56. The lowest BCUT2D eigenvalue weighted by Gasteiger charge is -1.53. The average Bonchev–Trinajstić information content (AvgIpc) is 1.37. The zero-order chi connectivity index (χ0) is 3.41. The molecule has 1 radical (unpaired) electrons. The molecule has 0 amide bonds. The van der Waals surface area contributed by atoms with Crippen LogP contribution in [-0.4, -0.2) is 13.4 Å². The molecule has 0 bridgehead atoms. The van der Waals surface area contributed by atoms with E-state index < -0.39 is 0 Å². The van der Waals surface area contributed by atoms with Crippen LogP contribution in [0.15, 0.2) is 4.99 Å². The minimum atomic E-state index is 1.00. The van der Waals surface area contributed by atoms with Gasteiger partial charge in [0.1, 0.15) is 6.34 Å². The van der Waals surface area contributed by atoms with Crippen molar-refractivity contribution >= 4 is 6.34 Å². The standard InChI is InChI=1S/C2H5N2/c1-4-2-3/h2-3H,1H3/b4-2-. The molecular formula is C2H5N2. The first-order chi connectivity index (χ1) is 1.91. The summed E-state index contributed by atoms with van der Waals surface area (Å²) < 4.78 is 0. The Morgan fingerprint density at radius 3 is 2.25 bits per heavy atom. The van der Waals surface area contributed by atoms with Crippen LogP contribution in [0.1, 0.15) is 0 Å². The van der Waals surface area contributed by atoms with E-state index in [4.69, 9.17) is 5.73 Å². The monoisotopic (exact) mass is 57.0 g/mol. The first-order valence-electron chi connectivity index (χ1n) is 0.994. The highest BCUT2D eigenvalue weighted by Crippen LogP contribution is 1.32. The van der Waals surface area contributed by atoms with Crippen LogP contribution in [0.5, 0.6) is 0 Å². The van der Waals surface area contributed by atoms with Gasteiger partial charge in [0.2, 0.25) is 0 Å². The number of hydrogen-bond donors (Lipinski definition) is 0. The van der Waals surface area contributed by atoms with E-state index in [-0.39, 0.29) is 0 Å². The molecule has 0 rings (SSSR count). The molecule has 0 heterocycles. The van der Waals surface area contributed by atoms with E-state index in [1.165, 1.54) is 0 Å². The molecule has 2 heteroatoms. The van der Waals surface area contributed by atoms with Gasteiger partial charge in [-0.15, -0.1) is 0 Å². The van der Waals surface area contributed by atoms with Gasteiger partial charge in [-0.3, -0.25) is 10.7 Å². The third-order valence-electron chi connectivity index (χ3n) is 0.129. The molecule has 0 aliphatic rings. The van der Waals surface area contributed by atoms with Crippen LogP contribution in [0.3, 0.4) is 0 Å². The van der Waals surface area contributed by atoms with Gasteiger partial charge in [0.25, 0.3) is 0 Å². The van der Waals surface area contributed by atoms with Crippen molar-refractivity contribution in [2.75, 3.05) is 7.05 Å². The van der Waals surface area contributed by atoms with Crippen molar-refractivity contribution in [1.29, 1.82) is 0 Å². The molecule has 0 saturated carbocycles. The van der Waals surface area contributed by atoms with Crippen LogP contribution in [0.25, 0.3) is 0 Å². The minimum absolute atomic E-state index is 1.00. The summed E-state index contributed by atoms with van der Waals surface area (Å²) in [6.45, 7) is 0. The second-order valence-electron chi connectivity index (χ2n) is 0.387. The normalized spacial score (nSPS) is 9.25. The summed E-state index contributed by atoms with van der Waals surface area (Å²) in [5, 5.41) is 0. The maximum atomic E-state index is 6.16. The van der Waals surface area contributed by atoms with Gasteiger partial charge >= 0.3 is 0 Å². The summed E-state index contributed by atoms with van der Waals surface area (Å²) >= 11 is 0. The summed E-state index contributed by atoms with van der Waals surface area (Å²) in [6, 6.07) is 0. The van der Waals surface area contributed by atoms with Crippen LogP contribution < -0.4 is 5.73 Å². The maximum absolute atomic E-state index is 6.16. The van der Waals surface area contributed by atoms with E-state index >= 15 is 0 Å². The molecule has 0 aromatic carbocycles. The lowest BCUT2D eigenvalue weighted by molar-refractivity contribution is 1.44. The van der Waals surface area contributed by atoms with Crippen molar-refractivity contribution in [3.63, 3.8) is 0 Å². The Labute approximate surface area is 25.3 Å². The Balaban J connectivity index is 2.55. The smallest absolute Gasteiger partial charge is 0.101 e. The molecule has 0 saturated heterocycles.